The highest BCUT2D eigenvalue weighted by molar-refractivity contribution is 7.89. The second-order valence-corrected chi connectivity index (χ2v) is 12.5. The molecule has 0 bridgehead atoms. The molecule has 0 amide bonds. The lowest BCUT2D eigenvalue weighted by molar-refractivity contribution is -0.115. The molecule has 0 aliphatic carbocycles. The van der Waals surface area contributed by atoms with Crippen molar-refractivity contribution in [1.82, 2.24) is 9.31 Å². The van der Waals surface area contributed by atoms with Gasteiger partial charge in [0.25, 0.3) is 0 Å². The summed E-state index contributed by atoms with van der Waals surface area (Å²) in [5, 5.41) is 5.97. The van der Waals surface area contributed by atoms with E-state index >= 15 is 0 Å². The maximum atomic E-state index is 13.6. The van der Waals surface area contributed by atoms with Crippen LogP contribution in [0.25, 0.3) is 0 Å². The number of hydrogen-bond acceptors (Lipinski definition) is 8. The van der Waals surface area contributed by atoms with E-state index < -0.39 is 26.7 Å². The quantitative estimate of drug-likeness (QED) is 0.353. The number of hydrazone groups is 1. The first-order valence-electron chi connectivity index (χ1n) is 13.1. The zero-order chi connectivity index (χ0) is 28.4. The van der Waals surface area contributed by atoms with E-state index in [1.807, 2.05) is 55.3 Å². The lowest BCUT2D eigenvalue weighted by Gasteiger charge is -2.39. The number of piperidine rings is 1. The van der Waals surface area contributed by atoms with Crippen LogP contribution in [0.3, 0.4) is 0 Å². The molecule has 2 aromatic rings. The molecule has 39 heavy (non-hydrogen) atoms. The van der Waals surface area contributed by atoms with Crippen molar-refractivity contribution in [2.45, 2.75) is 50.6 Å². The van der Waals surface area contributed by atoms with E-state index in [-0.39, 0.29) is 6.04 Å². The van der Waals surface area contributed by atoms with Gasteiger partial charge in [0.1, 0.15) is 17.6 Å². The second-order valence-electron chi connectivity index (χ2n) is 10.5. The predicted octanol–water partition coefficient (Wildman–Crippen LogP) is 3.50. The Balaban J connectivity index is 1.55. The first kappa shape index (κ1) is 28.8. The molecule has 2 heterocycles. The minimum absolute atomic E-state index is 0.0775. The van der Waals surface area contributed by atoms with E-state index in [1.165, 1.54) is 10.4 Å². The molecule has 4 rings (SSSR count). The number of rotatable bonds is 10. The van der Waals surface area contributed by atoms with Crippen LogP contribution in [0, 0.1) is 5.41 Å². The molecule has 2 aliphatic heterocycles. The molecule has 210 valence electrons. The molecule has 1 saturated heterocycles. The summed E-state index contributed by atoms with van der Waals surface area (Å²) >= 11 is 0. The van der Waals surface area contributed by atoms with Crippen LogP contribution in [0.4, 0.5) is 0 Å². The number of benzene rings is 2. The van der Waals surface area contributed by atoms with Gasteiger partial charge in [-0.15, -0.1) is 6.58 Å². The van der Waals surface area contributed by atoms with Gasteiger partial charge in [0.2, 0.25) is 10.0 Å². The van der Waals surface area contributed by atoms with Crippen molar-refractivity contribution < 1.29 is 22.7 Å². The maximum absolute atomic E-state index is 13.6. The van der Waals surface area contributed by atoms with Gasteiger partial charge in [-0.2, -0.15) is 5.10 Å². The summed E-state index contributed by atoms with van der Waals surface area (Å²) in [6, 6.07) is 12.4. The molecule has 2 atom stereocenters. The molecular weight excluding hydrogens is 516 g/mol. The summed E-state index contributed by atoms with van der Waals surface area (Å²) in [6.07, 6.45) is 3.52. The highest BCUT2D eigenvalue weighted by Crippen LogP contribution is 2.41. The maximum Gasteiger partial charge on any atom is 0.224 e. The summed E-state index contributed by atoms with van der Waals surface area (Å²) in [5.74, 6) is 1.20. The number of methoxy groups -OCH3 is 2. The first-order valence-corrected chi connectivity index (χ1v) is 14.6. The number of sulfonamides is 1. The van der Waals surface area contributed by atoms with Crippen molar-refractivity contribution in [1.29, 1.82) is 0 Å². The second kappa shape index (κ2) is 11.5. The molecule has 2 N–H and O–H groups in total. The Morgan fingerprint density at radius 2 is 1.82 bits per heavy atom. The molecular formula is C29H38N4O5S. The summed E-state index contributed by atoms with van der Waals surface area (Å²) in [7, 11) is -0.520. The predicted molar refractivity (Wildman–Crippen MR) is 152 cm³/mol. The highest BCUT2D eigenvalue weighted by Gasteiger charge is 2.48. The molecule has 0 radical (unpaired) electrons. The molecule has 2 aromatic carbocycles. The Morgan fingerprint density at radius 1 is 1.13 bits per heavy atom. The number of nitrogens with zero attached hydrogens (tertiary/aromatic N) is 3. The summed E-state index contributed by atoms with van der Waals surface area (Å²) in [6.45, 7) is 8.82. The van der Waals surface area contributed by atoms with Crippen LogP contribution in [0.2, 0.25) is 0 Å². The van der Waals surface area contributed by atoms with Gasteiger partial charge in [-0.3, -0.25) is 5.01 Å². The van der Waals surface area contributed by atoms with Crippen LogP contribution >= 0.6 is 0 Å². The molecule has 0 aromatic heterocycles. The van der Waals surface area contributed by atoms with E-state index in [0.29, 0.717) is 49.5 Å². The average molecular weight is 555 g/mol. The molecule has 9 nitrogen and oxygen atoms in total. The Kier molecular flexibility index (Phi) is 8.48. The number of nitrogens with two attached hydrogens (primary N) is 1. The smallest absolute Gasteiger partial charge is 0.224 e. The van der Waals surface area contributed by atoms with Crippen LogP contribution < -0.4 is 15.2 Å². The summed E-state index contributed by atoms with van der Waals surface area (Å²) < 4.78 is 39.6. The largest absolute Gasteiger partial charge is 0.493 e. The Labute approximate surface area is 231 Å². The lowest BCUT2D eigenvalue weighted by atomic mass is 9.78. The van der Waals surface area contributed by atoms with E-state index in [1.54, 1.807) is 20.3 Å². The van der Waals surface area contributed by atoms with Gasteiger partial charge in [-0.05, 0) is 42.2 Å². The number of ether oxygens (including phenoxy) is 2. The Bertz CT molecular complexity index is 1350. The molecule has 2 aliphatic rings. The highest BCUT2D eigenvalue weighted by atomic mass is 32.2. The van der Waals surface area contributed by atoms with Crippen molar-refractivity contribution in [3.63, 3.8) is 0 Å². The fourth-order valence-corrected chi connectivity index (χ4v) is 7.36. The third kappa shape index (κ3) is 5.33. The minimum Gasteiger partial charge on any atom is -0.493 e. The van der Waals surface area contributed by atoms with Gasteiger partial charge in [0.15, 0.2) is 11.5 Å². The fourth-order valence-electron chi connectivity index (χ4n) is 5.58. The Morgan fingerprint density at radius 3 is 2.41 bits per heavy atom. The zero-order valence-electron chi connectivity index (χ0n) is 23.0. The standard InChI is InChI=1S/C29H38N4O5S/c1-6-26(21-9-7-8-20(16-21)18-30)39(35,36)32-14-12-23(13-15-32)33-27(19-34)29(2,3)28(31-33)22-10-11-24(37-4)25(17-22)38-5/h6-11,16-17,19,23,26-27H,1,12-15,18,30H2,2-5H3. The van der Waals surface area contributed by atoms with E-state index in [2.05, 4.69) is 6.58 Å². The normalized spacial score (nSPS) is 20.8. The van der Waals surface area contributed by atoms with Crippen molar-refractivity contribution in [3.8, 4) is 11.5 Å². The van der Waals surface area contributed by atoms with Crippen LogP contribution in [0.15, 0.2) is 60.2 Å². The summed E-state index contributed by atoms with van der Waals surface area (Å²) in [5.41, 5.74) is 8.35. The molecule has 1 fully saturated rings. The molecule has 0 saturated carbocycles. The van der Waals surface area contributed by atoms with Crippen molar-refractivity contribution >= 4 is 22.0 Å². The fraction of sp³-hybridized carbons (Fsp3) is 0.448. The monoisotopic (exact) mass is 554 g/mol. The van der Waals surface area contributed by atoms with Gasteiger partial charge in [0, 0.05) is 30.6 Å². The third-order valence-electron chi connectivity index (χ3n) is 7.84. The number of carbonyl (C=O) groups excluding carboxylic acids is 1. The van der Waals surface area contributed by atoms with E-state index in [0.717, 1.165) is 23.1 Å². The van der Waals surface area contributed by atoms with Gasteiger partial charge in [-0.25, -0.2) is 12.7 Å². The van der Waals surface area contributed by atoms with Gasteiger partial charge < -0.3 is 20.0 Å². The van der Waals surface area contributed by atoms with Crippen LogP contribution in [0.5, 0.6) is 11.5 Å². The van der Waals surface area contributed by atoms with E-state index in [4.69, 9.17) is 20.3 Å². The zero-order valence-corrected chi connectivity index (χ0v) is 23.9. The molecule has 2 unspecified atom stereocenters. The SMILES string of the molecule is C=CC(c1cccc(CN)c1)S(=O)(=O)N1CCC(N2N=C(c3ccc(OC)c(OC)c3)C(C)(C)C2C=O)CC1. The molecule has 0 spiro atoms. The van der Waals surface area contributed by atoms with Crippen molar-refractivity contribution in [2.75, 3.05) is 27.3 Å². The number of carbonyl (C=O) groups is 1. The van der Waals surface area contributed by atoms with Gasteiger partial charge in [-0.1, -0.05) is 44.2 Å². The average Bonchev–Trinajstić information content (AvgIpc) is 3.22. The van der Waals surface area contributed by atoms with Crippen molar-refractivity contribution in [2.24, 2.45) is 16.3 Å². The van der Waals surface area contributed by atoms with Gasteiger partial charge in [0.05, 0.1) is 26.0 Å². The topological polar surface area (TPSA) is 115 Å². The van der Waals surface area contributed by atoms with Gasteiger partial charge >= 0.3 is 0 Å². The molecule has 10 heteroatoms. The number of aldehydes is 1. The van der Waals surface area contributed by atoms with Crippen molar-refractivity contribution in [3.05, 3.63) is 71.8 Å². The van der Waals surface area contributed by atoms with E-state index in [9.17, 15) is 13.2 Å². The number of hydrogen-bond donors (Lipinski definition) is 1. The Hall–Kier alpha value is -3.21. The summed E-state index contributed by atoms with van der Waals surface area (Å²) in [4.78, 5) is 12.4. The first-order chi connectivity index (χ1) is 18.6. The lowest BCUT2D eigenvalue weighted by Crippen LogP contribution is -2.50. The van der Waals surface area contributed by atoms with Crippen LogP contribution in [-0.2, 0) is 21.4 Å². The minimum atomic E-state index is -3.68. The van der Waals surface area contributed by atoms with Crippen LogP contribution in [0.1, 0.15) is 48.6 Å². The third-order valence-corrected chi connectivity index (χ3v) is 10.0. The van der Waals surface area contributed by atoms with Crippen LogP contribution in [-0.4, -0.2) is 69.1 Å².